The van der Waals surface area contributed by atoms with Crippen LogP contribution in [0.15, 0.2) is 39.0 Å². The van der Waals surface area contributed by atoms with Crippen molar-refractivity contribution in [2.24, 2.45) is 7.05 Å². The highest BCUT2D eigenvalue weighted by atomic mass is 32.1. The van der Waals surface area contributed by atoms with E-state index in [1.807, 2.05) is 42.2 Å². The van der Waals surface area contributed by atoms with Crippen LogP contribution >= 0.6 is 11.3 Å². The minimum atomic E-state index is -0.505. The lowest BCUT2D eigenvalue weighted by molar-refractivity contribution is -0.117. The van der Waals surface area contributed by atoms with Gasteiger partial charge in [0.25, 0.3) is 0 Å². The molecule has 1 atom stereocenters. The van der Waals surface area contributed by atoms with Gasteiger partial charge >= 0.3 is 5.63 Å². The third-order valence-corrected chi connectivity index (χ3v) is 4.68. The molecule has 7 heteroatoms. The van der Waals surface area contributed by atoms with Crippen LogP contribution in [0.4, 0.5) is 0 Å². The van der Waals surface area contributed by atoms with E-state index in [4.69, 9.17) is 4.42 Å². The Kier molecular flexibility index (Phi) is 4.35. The molecule has 3 rings (SSSR count). The number of fused-ring (bicyclic) bond motifs is 1. The molecule has 0 saturated carbocycles. The SMILES string of the molecule is Cc1csc2nc([C@H](C)NC(=O)/C=C/c3cccn3C)oc(=O)c12. The predicted molar refractivity (Wildman–Crippen MR) is 93.9 cm³/mol. The first-order valence-corrected chi connectivity index (χ1v) is 8.32. The minimum absolute atomic E-state index is 0.204. The maximum atomic E-state index is 12.1. The molecule has 124 valence electrons. The molecule has 0 bridgehead atoms. The van der Waals surface area contributed by atoms with Gasteiger partial charge in [-0.05, 0) is 43.0 Å². The molecule has 0 aliphatic rings. The minimum Gasteiger partial charge on any atom is -0.406 e. The number of hydrogen-bond acceptors (Lipinski definition) is 5. The summed E-state index contributed by atoms with van der Waals surface area (Å²) in [7, 11) is 1.90. The second-order valence-electron chi connectivity index (χ2n) is 5.55. The van der Waals surface area contributed by atoms with Gasteiger partial charge in [-0.15, -0.1) is 11.3 Å². The quantitative estimate of drug-likeness (QED) is 0.739. The first-order valence-electron chi connectivity index (χ1n) is 7.44. The van der Waals surface area contributed by atoms with E-state index in [-0.39, 0.29) is 11.8 Å². The number of aryl methyl sites for hydroxylation is 2. The molecule has 0 radical (unpaired) electrons. The Morgan fingerprint density at radius 2 is 2.29 bits per heavy atom. The number of nitrogens with zero attached hydrogens (tertiary/aromatic N) is 2. The van der Waals surface area contributed by atoms with Crippen LogP contribution in [0.3, 0.4) is 0 Å². The second kappa shape index (κ2) is 6.45. The van der Waals surface area contributed by atoms with Crippen molar-refractivity contribution in [3.05, 3.63) is 57.4 Å². The second-order valence-corrected chi connectivity index (χ2v) is 6.40. The number of thiophene rings is 1. The van der Waals surface area contributed by atoms with Gasteiger partial charge in [0.2, 0.25) is 11.8 Å². The van der Waals surface area contributed by atoms with Crippen molar-refractivity contribution in [1.82, 2.24) is 14.9 Å². The number of carbonyl (C=O) groups excluding carboxylic acids is 1. The van der Waals surface area contributed by atoms with Crippen LogP contribution in [0.5, 0.6) is 0 Å². The van der Waals surface area contributed by atoms with Crippen molar-refractivity contribution in [2.75, 3.05) is 0 Å². The Hall–Kier alpha value is -2.67. The zero-order chi connectivity index (χ0) is 17.3. The number of amides is 1. The molecule has 0 aromatic carbocycles. The lowest BCUT2D eigenvalue weighted by Crippen LogP contribution is -2.26. The van der Waals surface area contributed by atoms with Crippen LogP contribution in [0.2, 0.25) is 0 Å². The van der Waals surface area contributed by atoms with E-state index in [9.17, 15) is 9.59 Å². The number of carbonyl (C=O) groups is 1. The third-order valence-electron chi connectivity index (χ3n) is 3.69. The van der Waals surface area contributed by atoms with Crippen LogP contribution in [-0.2, 0) is 11.8 Å². The van der Waals surface area contributed by atoms with E-state index in [2.05, 4.69) is 10.3 Å². The molecule has 0 saturated heterocycles. The molecule has 1 amide bonds. The van der Waals surface area contributed by atoms with Gasteiger partial charge < -0.3 is 14.3 Å². The van der Waals surface area contributed by atoms with Crippen LogP contribution < -0.4 is 10.9 Å². The molecular formula is C17H17N3O3S. The monoisotopic (exact) mass is 343 g/mol. The summed E-state index contributed by atoms with van der Waals surface area (Å²) in [5, 5.41) is 5.12. The molecule has 6 nitrogen and oxygen atoms in total. The Morgan fingerprint density at radius 1 is 1.50 bits per heavy atom. The van der Waals surface area contributed by atoms with E-state index in [0.717, 1.165) is 11.3 Å². The van der Waals surface area contributed by atoms with Crippen LogP contribution in [0, 0.1) is 6.92 Å². The first kappa shape index (κ1) is 16.2. The molecule has 0 spiro atoms. The van der Waals surface area contributed by atoms with Crippen molar-refractivity contribution in [3.8, 4) is 0 Å². The van der Waals surface area contributed by atoms with Gasteiger partial charge in [-0.25, -0.2) is 9.78 Å². The highest BCUT2D eigenvalue weighted by molar-refractivity contribution is 7.16. The van der Waals surface area contributed by atoms with Crippen molar-refractivity contribution in [2.45, 2.75) is 19.9 Å². The average molecular weight is 343 g/mol. The highest BCUT2D eigenvalue weighted by Gasteiger charge is 2.16. The molecule has 24 heavy (non-hydrogen) atoms. The van der Waals surface area contributed by atoms with Gasteiger partial charge in [-0.3, -0.25) is 4.79 Å². The predicted octanol–water partition coefficient (Wildman–Crippen LogP) is 2.79. The number of nitrogens with one attached hydrogen (secondary N) is 1. The smallest absolute Gasteiger partial charge is 0.348 e. The lowest BCUT2D eigenvalue weighted by Gasteiger charge is -2.10. The molecule has 0 aliphatic carbocycles. The van der Waals surface area contributed by atoms with Gasteiger partial charge in [0, 0.05) is 25.0 Å². The summed E-state index contributed by atoms with van der Waals surface area (Å²) in [6.45, 7) is 3.57. The Bertz CT molecular complexity index is 981. The maximum Gasteiger partial charge on any atom is 0.348 e. The highest BCUT2D eigenvalue weighted by Crippen LogP contribution is 2.22. The van der Waals surface area contributed by atoms with Gasteiger partial charge in [-0.2, -0.15) is 0 Å². The maximum absolute atomic E-state index is 12.1. The zero-order valence-corrected chi connectivity index (χ0v) is 14.4. The molecular weight excluding hydrogens is 326 g/mol. The molecule has 3 aromatic heterocycles. The van der Waals surface area contributed by atoms with Gasteiger partial charge in [-0.1, -0.05) is 0 Å². The van der Waals surface area contributed by atoms with Gasteiger partial charge in [0.05, 0.1) is 5.39 Å². The summed E-state index contributed by atoms with van der Waals surface area (Å²) in [4.78, 5) is 29.1. The van der Waals surface area contributed by atoms with E-state index >= 15 is 0 Å². The molecule has 0 fully saturated rings. The largest absolute Gasteiger partial charge is 0.406 e. The summed E-state index contributed by atoms with van der Waals surface area (Å²) < 4.78 is 7.16. The Morgan fingerprint density at radius 3 is 3.00 bits per heavy atom. The van der Waals surface area contributed by atoms with E-state index < -0.39 is 11.7 Å². The third kappa shape index (κ3) is 3.16. The molecule has 3 heterocycles. The van der Waals surface area contributed by atoms with Crippen LogP contribution in [0.25, 0.3) is 16.3 Å². The van der Waals surface area contributed by atoms with Gasteiger partial charge in [0.15, 0.2) is 0 Å². The normalized spacial score (nSPS) is 12.8. The van der Waals surface area contributed by atoms with E-state index in [1.165, 1.54) is 17.4 Å². The van der Waals surface area contributed by atoms with Gasteiger partial charge in [0.1, 0.15) is 10.9 Å². The summed E-state index contributed by atoms with van der Waals surface area (Å²) in [6.07, 6.45) is 5.06. The average Bonchev–Trinajstić information content (AvgIpc) is 3.11. The molecule has 0 aliphatic heterocycles. The zero-order valence-electron chi connectivity index (χ0n) is 13.6. The van der Waals surface area contributed by atoms with Crippen molar-refractivity contribution < 1.29 is 9.21 Å². The molecule has 1 N–H and O–H groups in total. The Labute approximate surface area is 142 Å². The number of hydrogen-bond donors (Lipinski definition) is 1. The fourth-order valence-electron chi connectivity index (χ4n) is 2.35. The number of aromatic nitrogens is 2. The van der Waals surface area contributed by atoms with Crippen molar-refractivity contribution in [1.29, 1.82) is 0 Å². The summed E-state index contributed by atoms with van der Waals surface area (Å²) in [5.74, 6) is -0.0782. The molecule has 0 unspecified atom stereocenters. The van der Waals surface area contributed by atoms with E-state index in [0.29, 0.717) is 10.2 Å². The summed E-state index contributed by atoms with van der Waals surface area (Å²) in [6, 6.07) is 3.30. The van der Waals surface area contributed by atoms with Crippen LogP contribution in [0.1, 0.15) is 30.1 Å². The number of rotatable bonds is 4. The summed E-state index contributed by atoms with van der Waals surface area (Å²) in [5.41, 5.74) is 1.34. The topological polar surface area (TPSA) is 77.1 Å². The van der Waals surface area contributed by atoms with Crippen molar-refractivity contribution in [3.63, 3.8) is 0 Å². The standard InChI is InChI=1S/C17H17N3O3S/c1-10-9-24-16-14(10)17(22)23-15(19-16)11(2)18-13(21)7-6-12-5-4-8-20(12)3/h4-9,11H,1-3H3,(H,18,21)/b7-6+/t11-/m0/s1. The fourth-order valence-corrected chi connectivity index (χ4v) is 3.26. The lowest BCUT2D eigenvalue weighted by atomic mass is 10.2. The van der Waals surface area contributed by atoms with E-state index in [1.54, 1.807) is 13.0 Å². The molecule has 3 aromatic rings. The summed E-state index contributed by atoms with van der Waals surface area (Å²) >= 11 is 1.39. The van der Waals surface area contributed by atoms with Crippen molar-refractivity contribution >= 4 is 33.5 Å². The fraction of sp³-hybridized carbons (Fsp3) is 0.235. The Balaban J connectivity index is 1.76. The first-order chi connectivity index (χ1) is 11.5. The van der Waals surface area contributed by atoms with Crippen LogP contribution in [-0.4, -0.2) is 15.5 Å².